The van der Waals surface area contributed by atoms with Gasteiger partial charge in [-0.1, -0.05) is 48.5 Å². The minimum absolute atomic E-state index is 0.0834. The Morgan fingerprint density at radius 2 is 1.45 bits per heavy atom. The van der Waals surface area contributed by atoms with E-state index >= 15 is 0 Å². The van der Waals surface area contributed by atoms with Gasteiger partial charge in [0, 0.05) is 32.7 Å². The van der Waals surface area contributed by atoms with Gasteiger partial charge in [0.05, 0.1) is 42.3 Å². The lowest BCUT2D eigenvalue weighted by Gasteiger charge is -2.38. The molecule has 1 amide bonds. The third-order valence-corrected chi connectivity index (χ3v) is 10.7. The molecule has 0 spiro atoms. The van der Waals surface area contributed by atoms with Crippen LogP contribution < -0.4 is 18.7 Å². The Kier molecular flexibility index (Phi) is 11.1. The van der Waals surface area contributed by atoms with Crippen molar-refractivity contribution in [2.24, 2.45) is 0 Å². The molecule has 0 aliphatic carbocycles. The molecule has 0 unspecified atom stereocenters. The van der Waals surface area contributed by atoms with Gasteiger partial charge in [-0.15, -0.1) is 0 Å². The highest BCUT2D eigenvalue weighted by Crippen LogP contribution is 2.36. The Labute approximate surface area is 308 Å². The van der Waals surface area contributed by atoms with Crippen LogP contribution in [0.2, 0.25) is 0 Å². The van der Waals surface area contributed by atoms with Gasteiger partial charge in [0.2, 0.25) is 5.76 Å². The molecule has 1 fully saturated rings. The predicted octanol–water partition coefficient (Wildman–Crippen LogP) is 6.00. The summed E-state index contributed by atoms with van der Waals surface area (Å²) in [5.74, 6) is -1.56. The molecule has 1 aliphatic heterocycles. The number of anilines is 2. The first kappa shape index (κ1) is 36.7. The molecule has 274 valence electrons. The molecule has 0 radical (unpaired) electrons. The number of piperazine rings is 1. The number of aryl methyl sites for hydroxylation is 1. The van der Waals surface area contributed by atoms with Gasteiger partial charge in [0.25, 0.3) is 15.9 Å². The normalized spacial score (nSPS) is 13.0. The zero-order valence-electron chi connectivity index (χ0n) is 29.6. The van der Waals surface area contributed by atoms with E-state index < -0.39 is 22.0 Å². The standard InChI is InChI=1S/C40H39N3O9S/c1-28-25-30(39(45)52-40(46)36-17-10-24-51-36)27-31(26-28)53(47,48)43(19-18-29-11-5-4-6-12-29)33-14-8-7-13-32(33)41-20-22-42(23-21-41)38(44)37-34(49-2)15-9-16-35(37)50-3/h4-17,24-27H,18-23H2,1-3H3. The van der Waals surface area contributed by atoms with Crippen molar-refractivity contribution in [3.05, 3.63) is 137 Å². The largest absolute Gasteiger partial charge is 0.496 e. The number of amides is 1. The van der Waals surface area contributed by atoms with E-state index in [0.29, 0.717) is 66.6 Å². The molecule has 1 aromatic heterocycles. The van der Waals surface area contributed by atoms with Crippen LogP contribution in [0, 0.1) is 6.92 Å². The monoisotopic (exact) mass is 737 g/mol. The van der Waals surface area contributed by atoms with Crippen LogP contribution in [-0.4, -0.2) is 78.1 Å². The molecule has 0 bridgehead atoms. The molecule has 13 heteroatoms. The van der Waals surface area contributed by atoms with Gasteiger partial charge >= 0.3 is 11.9 Å². The van der Waals surface area contributed by atoms with Crippen LogP contribution in [0.4, 0.5) is 11.4 Å². The number of furan rings is 1. The van der Waals surface area contributed by atoms with Gasteiger partial charge in [-0.2, -0.15) is 0 Å². The summed E-state index contributed by atoms with van der Waals surface area (Å²) >= 11 is 0. The fourth-order valence-corrected chi connectivity index (χ4v) is 7.90. The summed E-state index contributed by atoms with van der Waals surface area (Å²) in [5.41, 5.74) is 2.76. The highest BCUT2D eigenvalue weighted by atomic mass is 32.2. The summed E-state index contributed by atoms with van der Waals surface area (Å²) < 4.78 is 51.8. The third kappa shape index (κ3) is 8.05. The van der Waals surface area contributed by atoms with Crippen molar-refractivity contribution >= 4 is 39.2 Å². The molecule has 12 nitrogen and oxygen atoms in total. The second-order valence-corrected chi connectivity index (χ2v) is 14.2. The Morgan fingerprint density at radius 1 is 0.774 bits per heavy atom. The second-order valence-electron chi connectivity index (χ2n) is 12.3. The summed E-state index contributed by atoms with van der Waals surface area (Å²) in [7, 11) is -1.30. The minimum atomic E-state index is -4.31. The van der Waals surface area contributed by atoms with Gasteiger partial charge in [-0.3, -0.25) is 9.10 Å². The molecule has 6 rings (SSSR count). The molecule has 53 heavy (non-hydrogen) atoms. The van der Waals surface area contributed by atoms with Gasteiger partial charge in [0.15, 0.2) is 0 Å². The zero-order valence-corrected chi connectivity index (χ0v) is 30.4. The molecule has 1 aliphatic rings. The van der Waals surface area contributed by atoms with E-state index in [1.54, 1.807) is 42.2 Å². The number of rotatable bonds is 12. The maximum atomic E-state index is 14.7. The summed E-state index contributed by atoms with van der Waals surface area (Å²) in [5, 5.41) is 0. The average molecular weight is 738 g/mol. The average Bonchev–Trinajstić information content (AvgIpc) is 3.73. The van der Waals surface area contributed by atoms with Crippen molar-refractivity contribution in [1.29, 1.82) is 0 Å². The number of para-hydroxylation sites is 2. The number of methoxy groups -OCH3 is 2. The zero-order chi connectivity index (χ0) is 37.5. The molecule has 5 aromatic rings. The quantitative estimate of drug-likeness (QED) is 0.111. The Hall–Kier alpha value is -6.08. The number of benzene rings is 4. The highest BCUT2D eigenvalue weighted by Gasteiger charge is 2.32. The third-order valence-electron chi connectivity index (χ3n) is 8.93. The number of sulfonamides is 1. The van der Waals surface area contributed by atoms with Gasteiger partial charge in [-0.25, -0.2) is 18.0 Å². The van der Waals surface area contributed by atoms with E-state index in [0.717, 1.165) is 5.56 Å². The van der Waals surface area contributed by atoms with Crippen LogP contribution in [0.15, 0.2) is 119 Å². The fraction of sp³-hybridized carbons (Fsp3) is 0.225. The van der Waals surface area contributed by atoms with E-state index in [9.17, 15) is 22.8 Å². The summed E-state index contributed by atoms with van der Waals surface area (Å²) in [4.78, 5) is 42.9. The smallest absolute Gasteiger partial charge is 0.382 e. The first-order valence-corrected chi connectivity index (χ1v) is 18.4. The number of esters is 2. The molecule has 0 atom stereocenters. The maximum absolute atomic E-state index is 14.7. The van der Waals surface area contributed by atoms with Gasteiger partial charge < -0.3 is 28.4 Å². The number of nitrogens with zero attached hydrogens (tertiary/aromatic N) is 3. The lowest BCUT2D eigenvalue weighted by molar-refractivity contribution is 0.0375. The van der Waals surface area contributed by atoms with Crippen LogP contribution >= 0.6 is 0 Å². The number of ether oxygens (including phenoxy) is 3. The summed E-state index contributed by atoms with van der Waals surface area (Å²) in [6, 6.07) is 29.0. The van der Waals surface area contributed by atoms with E-state index in [2.05, 4.69) is 4.90 Å². The first-order valence-electron chi connectivity index (χ1n) is 16.9. The van der Waals surface area contributed by atoms with Crippen LogP contribution in [0.25, 0.3) is 0 Å². The summed E-state index contributed by atoms with van der Waals surface area (Å²) in [6.07, 6.45) is 1.68. The molecule has 0 saturated carbocycles. The van der Waals surface area contributed by atoms with Crippen LogP contribution in [0.5, 0.6) is 11.5 Å². The van der Waals surface area contributed by atoms with Crippen molar-refractivity contribution in [1.82, 2.24) is 4.90 Å². The predicted molar refractivity (Wildman–Crippen MR) is 198 cm³/mol. The topological polar surface area (TPSA) is 136 Å². The SMILES string of the molecule is COc1cccc(OC)c1C(=O)N1CCN(c2ccccc2N(CCc2ccccc2)S(=O)(=O)c2cc(C)cc(C(=O)OC(=O)c3ccco3)c2)CC1. The van der Waals surface area contributed by atoms with Crippen molar-refractivity contribution < 1.29 is 41.4 Å². The van der Waals surface area contributed by atoms with Crippen molar-refractivity contribution in [2.75, 3.05) is 56.1 Å². The van der Waals surface area contributed by atoms with Crippen LogP contribution in [0.1, 0.15) is 42.4 Å². The minimum Gasteiger partial charge on any atom is -0.496 e. The first-order chi connectivity index (χ1) is 25.6. The molecule has 4 aromatic carbocycles. The highest BCUT2D eigenvalue weighted by molar-refractivity contribution is 7.92. The van der Waals surface area contributed by atoms with Gasteiger partial charge in [-0.05, 0) is 79.1 Å². The Morgan fingerprint density at radius 3 is 2.11 bits per heavy atom. The van der Waals surface area contributed by atoms with E-state index in [1.165, 1.54) is 55.1 Å². The van der Waals surface area contributed by atoms with Crippen LogP contribution in [-0.2, 0) is 21.2 Å². The number of hydrogen-bond acceptors (Lipinski definition) is 10. The Balaban J connectivity index is 1.30. The second kappa shape index (κ2) is 16.1. The molecular weight excluding hydrogens is 699 g/mol. The lowest BCUT2D eigenvalue weighted by Crippen LogP contribution is -2.49. The van der Waals surface area contributed by atoms with Crippen molar-refractivity contribution in [3.63, 3.8) is 0 Å². The lowest BCUT2D eigenvalue weighted by atomic mass is 10.1. The summed E-state index contributed by atoms with van der Waals surface area (Å²) in [6.45, 7) is 3.33. The van der Waals surface area contributed by atoms with Gasteiger partial charge in [0.1, 0.15) is 17.1 Å². The molecule has 1 saturated heterocycles. The van der Waals surface area contributed by atoms with E-state index in [4.69, 9.17) is 18.6 Å². The van der Waals surface area contributed by atoms with Crippen molar-refractivity contribution in [2.45, 2.75) is 18.2 Å². The van der Waals surface area contributed by atoms with Crippen molar-refractivity contribution in [3.8, 4) is 11.5 Å². The Bertz CT molecular complexity index is 2180. The van der Waals surface area contributed by atoms with Crippen LogP contribution in [0.3, 0.4) is 0 Å². The molecular formula is C40H39N3O9S. The number of carbonyl (C=O) groups excluding carboxylic acids is 3. The van der Waals surface area contributed by atoms with E-state index in [1.807, 2.05) is 42.5 Å². The maximum Gasteiger partial charge on any atom is 0.382 e. The number of carbonyl (C=O) groups is 3. The molecule has 2 heterocycles. The fourth-order valence-electron chi connectivity index (χ4n) is 6.29. The van der Waals surface area contributed by atoms with E-state index in [-0.39, 0.29) is 28.7 Å². The molecule has 0 N–H and O–H groups in total. The number of hydrogen-bond donors (Lipinski definition) is 0.